The fourth-order valence-corrected chi connectivity index (χ4v) is 1.41. The van der Waals surface area contributed by atoms with E-state index in [1.54, 1.807) is 0 Å². The predicted octanol–water partition coefficient (Wildman–Crippen LogP) is 0.326. The van der Waals surface area contributed by atoms with E-state index in [-0.39, 0.29) is 11.9 Å². The van der Waals surface area contributed by atoms with Crippen LogP contribution in [-0.2, 0) is 0 Å². The molecule has 0 aliphatic carbocycles. The highest BCUT2D eigenvalue weighted by molar-refractivity contribution is 5.66. The van der Waals surface area contributed by atoms with Crippen molar-refractivity contribution in [1.29, 1.82) is 0 Å². The number of likely N-dealkylation sites (tertiary alicyclic amines) is 1. The summed E-state index contributed by atoms with van der Waals surface area (Å²) in [5.74, 6) is -0.219. The van der Waals surface area contributed by atoms with Crippen LogP contribution in [0.4, 0.5) is 10.6 Å². The highest BCUT2D eigenvalue weighted by Crippen LogP contribution is 2.21. The lowest BCUT2D eigenvalue weighted by Crippen LogP contribution is -2.50. The Morgan fingerprint density at radius 2 is 2.33 bits per heavy atom. The van der Waals surface area contributed by atoms with E-state index in [0.29, 0.717) is 13.1 Å². The molecule has 0 spiro atoms. The molecule has 0 unspecified atom stereocenters. The van der Waals surface area contributed by atoms with E-state index in [0.717, 1.165) is 0 Å². The van der Waals surface area contributed by atoms with Crippen LogP contribution in [-0.4, -0.2) is 43.9 Å². The molecule has 1 aromatic rings. The van der Waals surface area contributed by atoms with Crippen LogP contribution in [0.25, 0.3) is 0 Å². The maximum Gasteiger partial charge on any atom is 0.407 e. The predicted molar refractivity (Wildman–Crippen MR) is 47.5 cm³/mol. The molecule has 80 valence electrons. The third-order valence-corrected chi connectivity index (χ3v) is 2.29. The monoisotopic (exact) mass is 212 g/mol. The fourth-order valence-electron chi connectivity index (χ4n) is 1.41. The first-order chi connectivity index (χ1) is 7.08. The first-order valence-corrected chi connectivity index (χ1v) is 4.25. The average molecular weight is 212 g/mol. The number of nitro groups is 1. The van der Waals surface area contributed by atoms with Crippen molar-refractivity contribution in [1.82, 2.24) is 14.7 Å². The number of aromatic nitrogens is 2. The Bertz CT molecular complexity index is 409. The first kappa shape index (κ1) is 9.44. The van der Waals surface area contributed by atoms with Crippen molar-refractivity contribution in [3.05, 3.63) is 22.4 Å². The Morgan fingerprint density at radius 3 is 2.80 bits per heavy atom. The standard InChI is InChI=1S/C7H8N4O4/c12-7(13)9-3-5(4-9)10-2-1-6(8-10)11(14)15/h1-2,5H,3-4H2,(H,12,13). The molecule has 15 heavy (non-hydrogen) atoms. The average Bonchev–Trinajstić information content (AvgIpc) is 2.49. The van der Waals surface area contributed by atoms with Gasteiger partial charge in [-0.15, -0.1) is 0 Å². The van der Waals surface area contributed by atoms with Gasteiger partial charge in [0.1, 0.15) is 6.04 Å². The Labute approximate surface area is 83.9 Å². The summed E-state index contributed by atoms with van der Waals surface area (Å²) in [6.45, 7) is 0.655. The van der Waals surface area contributed by atoms with Gasteiger partial charge in [-0.2, -0.15) is 4.68 Å². The molecule has 2 heterocycles. The van der Waals surface area contributed by atoms with E-state index in [4.69, 9.17) is 5.11 Å². The normalized spacial score (nSPS) is 16.1. The summed E-state index contributed by atoms with van der Waals surface area (Å²) >= 11 is 0. The second-order valence-electron chi connectivity index (χ2n) is 3.25. The molecule has 0 atom stereocenters. The molecule has 8 heteroatoms. The summed E-state index contributed by atoms with van der Waals surface area (Å²) in [7, 11) is 0. The zero-order valence-electron chi connectivity index (χ0n) is 7.61. The van der Waals surface area contributed by atoms with E-state index in [9.17, 15) is 14.9 Å². The van der Waals surface area contributed by atoms with Crippen molar-refractivity contribution < 1.29 is 14.8 Å². The number of nitrogens with zero attached hydrogens (tertiary/aromatic N) is 4. The molecule has 1 saturated heterocycles. The van der Waals surface area contributed by atoms with Gasteiger partial charge in [-0.1, -0.05) is 0 Å². The number of hydrogen-bond donors (Lipinski definition) is 1. The first-order valence-electron chi connectivity index (χ1n) is 4.25. The van der Waals surface area contributed by atoms with Crippen molar-refractivity contribution in [3.63, 3.8) is 0 Å². The molecule has 8 nitrogen and oxygen atoms in total. The van der Waals surface area contributed by atoms with Gasteiger partial charge in [0.25, 0.3) is 0 Å². The van der Waals surface area contributed by atoms with Crippen LogP contribution < -0.4 is 0 Å². The summed E-state index contributed by atoms with van der Waals surface area (Å²) in [6, 6.07) is 1.21. The van der Waals surface area contributed by atoms with Crippen molar-refractivity contribution in [2.75, 3.05) is 13.1 Å². The lowest BCUT2D eigenvalue weighted by molar-refractivity contribution is -0.389. The second-order valence-corrected chi connectivity index (χ2v) is 3.25. The van der Waals surface area contributed by atoms with Crippen molar-refractivity contribution in [3.8, 4) is 0 Å². The maximum absolute atomic E-state index is 10.5. The number of hydrogen-bond acceptors (Lipinski definition) is 4. The maximum atomic E-state index is 10.5. The third kappa shape index (κ3) is 1.60. The van der Waals surface area contributed by atoms with Gasteiger partial charge in [0.2, 0.25) is 0 Å². The topological polar surface area (TPSA) is 102 Å². The summed E-state index contributed by atoms with van der Waals surface area (Å²) in [5, 5.41) is 22.6. The molecule has 0 radical (unpaired) electrons. The van der Waals surface area contributed by atoms with Gasteiger partial charge in [0.15, 0.2) is 0 Å². The molecule has 1 aliphatic rings. The molecule has 0 bridgehead atoms. The molecular formula is C7H8N4O4. The van der Waals surface area contributed by atoms with E-state index in [1.165, 1.54) is 21.8 Å². The summed E-state index contributed by atoms with van der Waals surface area (Å²) in [5.41, 5.74) is 0. The molecule has 1 aromatic heterocycles. The van der Waals surface area contributed by atoms with Gasteiger partial charge in [-0.3, -0.25) is 0 Å². The van der Waals surface area contributed by atoms with Gasteiger partial charge in [0, 0.05) is 0 Å². The van der Waals surface area contributed by atoms with Crippen LogP contribution >= 0.6 is 0 Å². The Kier molecular flexibility index (Phi) is 2.03. The lowest BCUT2D eigenvalue weighted by atomic mass is 10.1. The van der Waals surface area contributed by atoms with Gasteiger partial charge < -0.3 is 20.1 Å². The number of amides is 1. The molecule has 0 aromatic carbocycles. The molecule has 1 amide bonds. The van der Waals surface area contributed by atoms with Crippen LogP contribution in [0.5, 0.6) is 0 Å². The highest BCUT2D eigenvalue weighted by Gasteiger charge is 2.34. The Balaban J connectivity index is 2.01. The zero-order valence-corrected chi connectivity index (χ0v) is 7.61. The van der Waals surface area contributed by atoms with Crippen LogP contribution in [0.3, 0.4) is 0 Å². The minimum absolute atomic E-state index is 0.0881. The van der Waals surface area contributed by atoms with Crippen LogP contribution in [0.2, 0.25) is 0 Å². The largest absolute Gasteiger partial charge is 0.465 e. The number of carbonyl (C=O) groups is 1. The van der Waals surface area contributed by atoms with Crippen molar-refractivity contribution >= 4 is 11.9 Å². The SMILES string of the molecule is O=C(O)N1CC(n2ccc([N+](=O)[O-])n2)C1. The molecule has 2 rings (SSSR count). The number of rotatable bonds is 2. The summed E-state index contributed by atoms with van der Waals surface area (Å²) in [4.78, 5) is 21.4. The van der Waals surface area contributed by atoms with Gasteiger partial charge >= 0.3 is 11.9 Å². The van der Waals surface area contributed by atoms with E-state index in [1.807, 2.05) is 0 Å². The fraction of sp³-hybridized carbons (Fsp3) is 0.429. The molecule has 1 fully saturated rings. The number of carboxylic acid groups (broad SMARTS) is 1. The van der Waals surface area contributed by atoms with Crippen LogP contribution in [0.1, 0.15) is 6.04 Å². The molecule has 0 saturated carbocycles. The van der Waals surface area contributed by atoms with E-state index in [2.05, 4.69) is 5.10 Å². The summed E-state index contributed by atoms with van der Waals surface area (Å²) in [6.07, 6.45) is 0.509. The molecule has 1 N–H and O–H groups in total. The smallest absolute Gasteiger partial charge is 0.407 e. The third-order valence-electron chi connectivity index (χ3n) is 2.29. The zero-order chi connectivity index (χ0) is 11.0. The summed E-state index contributed by atoms with van der Waals surface area (Å²) < 4.78 is 1.43. The van der Waals surface area contributed by atoms with Gasteiger partial charge in [-0.05, 0) is 4.92 Å². The quantitative estimate of drug-likeness (QED) is 0.562. The highest BCUT2D eigenvalue weighted by atomic mass is 16.6. The van der Waals surface area contributed by atoms with Gasteiger partial charge in [0.05, 0.1) is 30.5 Å². The Morgan fingerprint density at radius 1 is 1.67 bits per heavy atom. The molecule has 1 aliphatic heterocycles. The molecular weight excluding hydrogens is 204 g/mol. The minimum atomic E-state index is -0.979. The van der Waals surface area contributed by atoms with Crippen LogP contribution in [0, 0.1) is 10.1 Å². The Hall–Kier alpha value is -2.12. The van der Waals surface area contributed by atoms with E-state index >= 15 is 0 Å². The lowest BCUT2D eigenvalue weighted by Gasteiger charge is -2.35. The second kappa shape index (κ2) is 3.23. The van der Waals surface area contributed by atoms with Crippen molar-refractivity contribution in [2.45, 2.75) is 6.04 Å². The van der Waals surface area contributed by atoms with E-state index < -0.39 is 11.0 Å². The minimum Gasteiger partial charge on any atom is -0.465 e. The van der Waals surface area contributed by atoms with Crippen molar-refractivity contribution in [2.24, 2.45) is 0 Å². The van der Waals surface area contributed by atoms with Crippen LogP contribution in [0.15, 0.2) is 12.3 Å². The van der Waals surface area contributed by atoms with Gasteiger partial charge in [-0.25, -0.2) is 4.79 Å².